The van der Waals surface area contributed by atoms with Gasteiger partial charge in [-0.05, 0) is 24.5 Å². The van der Waals surface area contributed by atoms with Crippen LogP contribution in [0.25, 0.3) is 5.57 Å². The number of hydrogen-bond donors (Lipinski definition) is 1. The van der Waals surface area contributed by atoms with Crippen molar-refractivity contribution in [1.29, 1.82) is 0 Å². The van der Waals surface area contributed by atoms with Gasteiger partial charge in [-0.1, -0.05) is 38.1 Å². The van der Waals surface area contributed by atoms with E-state index >= 15 is 0 Å². The molecule has 0 radical (unpaired) electrons. The molecule has 0 aliphatic carbocycles. The molecule has 1 N–H and O–H groups in total. The van der Waals surface area contributed by atoms with E-state index in [1.807, 2.05) is 18.2 Å². The van der Waals surface area contributed by atoms with E-state index in [2.05, 4.69) is 13.5 Å². The smallest absolute Gasteiger partial charge is 0.123 e. The molecule has 0 spiro atoms. The Balaban J connectivity index is 2.71. The third kappa shape index (κ3) is 2.62. The van der Waals surface area contributed by atoms with Crippen molar-refractivity contribution in [3.05, 3.63) is 36.4 Å². The minimum Gasteiger partial charge on any atom is -0.507 e. The topological polar surface area (TPSA) is 20.2 Å². The Kier molecular flexibility index (Phi) is 3.56. The average Bonchev–Trinajstić information content (AvgIpc) is 2.15. The predicted molar refractivity (Wildman–Crippen MR) is 56.7 cm³/mol. The highest BCUT2D eigenvalue weighted by Crippen LogP contribution is 2.26. The quantitative estimate of drug-likeness (QED) is 0.743. The standard InChI is InChI=1S/C12H16O/c1-3-4-7-10(2)11-8-5-6-9-12(11)13/h5-6,8-9,13H,2-4,7H2,1H3. The molecule has 1 nitrogen and oxygen atoms in total. The maximum Gasteiger partial charge on any atom is 0.123 e. The Hall–Kier alpha value is -1.24. The Morgan fingerprint density at radius 1 is 1.38 bits per heavy atom. The summed E-state index contributed by atoms with van der Waals surface area (Å²) in [6, 6.07) is 7.36. The number of allylic oxidation sites excluding steroid dienone is 1. The molecule has 0 aromatic heterocycles. The molecule has 0 aliphatic heterocycles. The third-order valence-electron chi connectivity index (χ3n) is 2.12. The van der Waals surface area contributed by atoms with Crippen LogP contribution in [0, 0.1) is 0 Å². The number of unbranched alkanes of at least 4 members (excludes halogenated alkanes) is 1. The van der Waals surface area contributed by atoms with Crippen LogP contribution in [0.4, 0.5) is 0 Å². The second-order valence-corrected chi connectivity index (χ2v) is 3.22. The first-order valence-electron chi connectivity index (χ1n) is 4.72. The first-order chi connectivity index (χ1) is 6.25. The van der Waals surface area contributed by atoms with Gasteiger partial charge in [0.1, 0.15) is 5.75 Å². The van der Waals surface area contributed by atoms with Crippen LogP contribution < -0.4 is 0 Å². The minimum absolute atomic E-state index is 0.337. The molecule has 0 heterocycles. The van der Waals surface area contributed by atoms with Crippen molar-refractivity contribution in [3.8, 4) is 5.75 Å². The van der Waals surface area contributed by atoms with Gasteiger partial charge in [-0.3, -0.25) is 0 Å². The van der Waals surface area contributed by atoms with Crippen molar-refractivity contribution in [2.24, 2.45) is 0 Å². The molecule has 70 valence electrons. The fourth-order valence-corrected chi connectivity index (χ4v) is 1.30. The van der Waals surface area contributed by atoms with Gasteiger partial charge in [0, 0.05) is 5.56 Å². The number of benzene rings is 1. The molecule has 1 aromatic rings. The minimum atomic E-state index is 0.337. The van der Waals surface area contributed by atoms with Gasteiger partial charge in [-0.25, -0.2) is 0 Å². The van der Waals surface area contributed by atoms with E-state index in [9.17, 15) is 5.11 Å². The van der Waals surface area contributed by atoms with Gasteiger partial charge in [0.05, 0.1) is 0 Å². The van der Waals surface area contributed by atoms with Crippen LogP contribution in [-0.2, 0) is 0 Å². The van der Waals surface area contributed by atoms with Crippen LogP contribution in [0.15, 0.2) is 30.8 Å². The Labute approximate surface area is 79.7 Å². The van der Waals surface area contributed by atoms with Crippen molar-refractivity contribution in [1.82, 2.24) is 0 Å². The molecule has 1 rings (SSSR count). The second kappa shape index (κ2) is 4.70. The summed E-state index contributed by atoms with van der Waals surface area (Å²) in [6.07, 6.45) is 3.26. The van der Waals surface area contributed by atoms with Gasteiger partial charge in [0.15, 0.2) is 0 Å². The van der Waals surface area contributed by atoms with E-state index in [-0.39, 0.29) is 0 Å². The maximum absolute atomic E-state index is 9.52. The number of rotatable bonds is 4. The highest BCUT2D eigenvalue weighted by Gasteiger charge is 2.02. The van der Waals surface area contributed by atoms with Crippen molar-refractivity contribution >= 4 is 5.57 Å². The number of phenols is 1. The van der Waals surface area contributed by atoms with Gasteiger partial charge >= 0.3 is 0 Å². The van der Waals surface area contributed by atoms with Crippen LogP contribution in [-0.4, -0.2) is 5.11 Å². The molecule has 1 heteroatoms. The van der Waals surface area contributed by atoms with Crippen molar-refractivity contribution in [2.75, 3.05) is 0 Å². The van der Waals surface area contributed by atoms with E-state index in [0.29, 0.717) is 5.75 Å². The molecule has 0 bridgehead atoms. The van der Waals surface area contributed by atoms with Crippen molar-refractivity contribution < 1.29 is 5.11 Å². The first-order valence-corrected chi connectivity index (χ1v) is 4.72. The summed E-state index contributed by atoms with van der Waals surface area (Å²) in [6.45, 7) is 6.11. The van der Waals surface area contributed by atoms with Crippen LogP contribution in [0.3, 0.4) is 0 Å². The van der Waals surface area contributed by atoms with Crippen LogP contribution in [0.5, 0.6) is 5.75 Å². The number of hydrogen-bond acceptors (Lipinski definition) is 1. The second-order valence-electron chi connectivity index (χ2n) is 3.22. The highest BCUT2D eigenvalue weighted by atomic mass is 16.3. The van der Waals surface area contributed by atoms with Crippen LogP contribution in [0.2, 0.25) is 0 Å². The molecular formula is C12H16O. The lowest BCUT2D eigenvalue weighted by Crippen LogP contribution is -1.83. The van der Waals surface area contributed by atoms with E-state index in [4.69, 9.17) is 0 Å². The van der Waals surface area contributed by atoms with Crippen LogP contribution >= 0.6 is 0 Å². The summed E-state index contributed by atoms with van der Waals surface area (Å²) in [7, 11) is 0. The van der Waals surface area contributed by atoms with Gasteiger partial charge in [0.2, 0.25) is 0 Å². The zero-order valence-corrected chi connectivity index (χ0v) is 8.09. The Morgan fingerprint density at radius 3 is 2.69 bits per heavy atom. The average molecular weight is 176 g/mol. The van der Waals surface area contributed by atoms with Gasteiger partial charge in [-0.15, -0.1) is 0 Å². The van der Waals surface area contributed by atoms with E-state index in [0.717, 1.165) is 30.4 Å². The predicted octanol–water partition coefficient (Wildman–Crippen LogP) is 3.60. The lowest BCUT2D eigenvalue weighted by atomic mass is 10.0. The zero-order valence-electron chi connectivity index (χ0n) is 8.09. The molecule has 0 saturated carbocycles. The number of aromatic hydroxyl groups is 1. The summed E-state index contributed by atoms with van der Waals surface area (Å²) in [5.74, 6) is 0.337. The maximum atomic E-state index is 9.52. The monoisotopic (exact) mass is 176 g/mol. The van der Waals surface area contributed by atoms with Gasteiger partial charge < -0.3 is 5.11 Å². The highest BCUT2D eigenvalue weighted by molar-refractivity contribution is 5.68. The normalized spacial score (nSPS) is 9.92. The Morgan fingerprint density at radius 2 is 2.08 bits per heavy atom. The molecule has 0 unspecified atom stereocenters. The summed E-state index contributed by atoms with van der Waals surface area (Å²) in [5.41, 5.74) is 1.91. The van der Waals surface area contributed by atoms with Gasteiger partial charge in [0.25, 0.3) is 0 Å². The van der Waals surface area contributed by atoms with Crippen molar-refractivity contribution in [3.63, 3.8) is 0 Å². The van der Waals surface area contributed by atoms with Crippen LogP contribution in [0.1, 0.15) is 31.7 Å². The molecule has 0 aliphatic rings. The SMILES string of the molecule is C=C(CCCC)c1ccccc1O. The molecular weight excluding hydrogens is 160 g/mol. The summed E-state index contributed by atoms with van der Waals surface area (Å²) >= 11 is 0. The molecule has 13 heavy (non-hydrogen) atoms. The molecule has 0 fully saturated rings. The van der Waals surface area contributed by atoms with E-state index in [1.54, 1.807) is 6.07 Å². The molecule has 1 aromatic carbocycles. The van der Waals surface area contributed by atoms with Crippen molar-refractivity contribution in [2.45, 2.75) is 26.2 Å². The Bertz CT molecular complexity index is 289. The number of phenolic OH excluding ortho intramolecular Hbond substituents is 1. The first kappa shape index (κ1) is 9.85. The lowest BCUT2D eigenvalue weighted by Gasteiger charge is -2.06. The largest absolute Gasteiger partial charge is 0.507 e. The van der Waals surface area contributed by atoms with E-state index in [1.165, 1.54) is 0 Å². The molecule has 0 saturated heterocycles. The summed E-state index contributed by atoms with van der Waals surface area (Å²) in [4.78, 5) is 0. The molecule has 0 atom stereocenters. The number of para-hydroxylation sites is 1. The van der Waals surface area contributed by atoms with E-state index < -0.39 is 0 Å². The summed E-state index contributed by atoms with van der Waals surface area (Å²) < 4.78 is 0. The third-order valence-corrected chi connectivity index (χ3v) is 2.12. The fraction of sp³-hybridized carbons (Fsp3) is 0.333. The van der Waals surface area contributed by atoms with Gasteiger partial charge in [-0.2, -0.15) is 0 Å². The lowest BCUT2D eigenvalue weighted by molar-refractivity contribution is 0.473. The summed E-state index contributed by atoms with van der Waals surface area (Å²) in [5, 5.41) is 9.52. The zero-order chi connectivity index (χ0) is 9.68. The fourth-order valence-electron chi connectivity index (χ4n) is 1.30. The molecule has 0 amide bonds.